The van der Waals surface area contributed by atoms with Crippen molar-refractivity contribution in [2.24, 2.45) is 23.2 Å². The number of carbonyl (C=O) groups excluding carboxylic acids is 2. The first kappa shape index (κ1) is 21.6. The Kier molecular flexibility index (Phi) is 5.73. The van der Waals surface area contributed by atoms with E-state index in [4.69, 9.17) is 9.47 Å². The van der Waals surface area contributed by atoms with E-state index in [1.54, 1.807) is 12.1 Å². The fourth-order valence-corrected chi connectivity index (χ4v) is 9.35. The quantitative estimate of drug-likeness (QED) is 0.573. The fraction of sp³-hybridized carbons (Fsp3) is 0.727. The molecule has 5 fully saturated rings. The van der Waals surface area contributed by atoms with Crippen LogP contribution in [0.2, 0.25) is 0 Å². The number of rotatable bonds is 7. The van der Waals surface area contributed by atoms with E-state index >= 15 is 0 Å². The van der Waals surface area contributed by atoms with Gasteiger partial charge in [-0.05, 0) is 68.4 Å². The summed E-state index contributed by atoms with van der Waals surface area (Å²) in [5, 5.41) is 0. The monoisotopic (exact) mass is 467 g/mol. The summed E-state index contributed by atoms with van der Waals surface area (Å²) >= 11 is 1.09. The second-order valence-electron chi connectivity index (χ2n) is 9.70. The SMILES string of the molecule is O=C(Cc1ccc(S(=O)(=O)N2CCOCC2)s1)OCC(=O)C12CC3CC(CC(C3)C1)C2. The van der Waals surface area contributed by atoms with Crippen molar-refractivity contribution in [3.8, 4) is 0 Å². The van der Waals surface area contributed by atoms with Crippen molar-refractivity contribution < 1.29 is 27.5 Å². The normalized spacial score (nSPS) is 32.8. The molecule has 4 aliphatic carbocycles. The Bertz CT molecular complexity index is 927. The number of sulfonamides is 1. The molecule has 9 heteroatoms. The molecular formula is C22H29NO6S2. The molecule has 2 heterocycles. The van der Waals surface area contributed by atoms with E-state index in [1.165, 1.54) is 23.6 Å². The number of hydrogen-bond acceptors (Lipinski definition) is 7. The summed E-state index contributed by atoms with van der Waals surface area (Å²) < 4.78 is 37.7. The molecule has 31 heavy (non-hydrogen) atoms. The van der Waals surface area contributed by atoms with E-state index in [1.807, 2.05) is 0 Å². The summed E-state index contributed by atoms with van der Waals surface area (Å²) in [7, 11) is -3.56. The van der Waals surface area contributed by atoms with Crippen LogP contribution in [0.1, 0.15) is 43.4 Å². The smallest absolute Gasteiger partial charge is 0.311 e. The van der Waals surface area contributed by atoms with Crippen LogP contribution >= 0.6 is 11.3 Å². The molecule has 1 saturated heterocycles. The molecular weight excluding hydrogens is 438 g/mol. The first-order valence-electron chi connectivity index (χ1n) is 11.2. The van der Waals surface area contributed by atoms with Crippen molar-refractivity contribution in [1.82, 2.24) is 4.31 Å². The minimum Gasteiger partial charge on any atom is -0.457 e. The van der Waals surface area contributed by atoms with Gasteiger partial charge in [0.05, 0.1) is 19.6 Å². The van der Waals surface area contributed by atoms with Gasteiger partial charge >= 0.3 is 5.97 Å². The number of ether oxygens (including phenoxy) is 2. The lowest BCUT2D eigenvalue weighted by Crippen LogP contribution is -2.51. The Morgan fingerprint density at radius 1 is 1.06 bits per heavy atom. The Morgan fingerprint density at radius 2 is 1.68 bits per heavy atom. The number of Topliss-reactive ketones (excluding diaryl/α,β-unsaturated/α-hetero) is 1. The van der Waals surface area contributed by atoms with Crippen molar-refractivity contribution >= 4 is 33.1 Å². The minimum atomic E-state index is -3.56. The fourth-order valence-electron chi connectivity index (χ4n) is 6.45. The van der Waals surface area contributed by atoms with E-state index in [0.717, 1.165) is 30.6 Å². The van der Waals surface area contributed by atoms with Crippen molar-refractivity contribution in [3.05, 3.63) is 17.0 Å². The van der Waals surface area contributed by atoms with Gasteiger partial charge in [0.2, 0.25) is 0 Å². The third kappa shape index (κ3) is 4.21. The molecule has 1 aliphatic heterocycles. The molecule has 170 valence electrons. The average Bonchev–Trinajstić information content (AvgIpc) is 3.21. The molecule has 0 N–H and O–H groups in total. The number of morpholine rings is 1. The van der Waals surface area contributed by atoms with E-state index in [-0.39, 0.29) is 28.4 Å². The summed E-state index contributed by atoms with van der Waals surface area (Å²) in [5.74, 6) is 1.62. The molecule has 7 nitrogen and oxygen atoms in total. The van der Waals surface area contributed by atoms with E-state index in [0.29, 0.717) is 48.9 Å². The summed E-state index contributed by atoms with van der Waals surface area (Å²) in [4.78, 5) is 26.0. The molecule has 4 bridgehead atoms. The highest BCUT2D eigenvalue weighted by molar-refractivity contribution is 7.91. The Morgan fingerprint density at radius 3 is 2.29 bits per heavy atom. The lowest BCUT2D eigenvalue weighted by Gasteiger charge is -2.55. The van der Waals surface area contributed by atoms with E-state index in [2.05, 4.69) is 0 Å². The minimum absolute atomic E-state index is 0.0164. The first-order chi connectivity index (χ1) is 14.8. The number of hydrogen-bond donors (Lipinski definition) is 0. The van der Waals surface area contributed by atoms with Gasteiger partial charge in [0.1, 0.15) is 4.21 Å². The Hall–Kier alpha value is -1.29. The van der Waals surface area contributed by atoms with Gasteiger partial charge in [-0.2, -0.15) is 4.31 Å². The second kappa shape index (κ2) is 8.24. The average molecular weight is 468 g/mol. The molecule has 0 radical (unpaired) electrons. The molecule has 4 saturated carbocycles. The lowest BCUT2D eigenvalue weighted by atomic mass is 9.48. The molecule has 0 unspecified atom stereocenters. The van der Waals surface area contributed by atoms with Crippen molar-refractivity contribution in [3.63, 3.8) is 0 Å². The molecule has 0 atom stereocenters. The van der Waals surface area contributed by atoms with Crippen LogP contribution in [0.3, 0.4) is 0 Å². The highest BCUT2D eigenvalue weighted by atomic mass is 32.2. The molecule has 0 amide bonds. The maximum atomic E-state index is 13.0. The van der Waals surface area contributed by atoms with Gasteiger partial charge in [-0.25, -0.2) is 8.42 Å². The van der Waals surface area contributed by atoms with Gasteiger partial charge in [-0.15, -0.1) is 11.3 Å². The number of ketones is 1. The van der Waals surface area contributed by atoms with Gasteiger partial charge in [-0.3, -0.25) is 9.59 Å². The topological polar surface area (TPSA) is 90.0 Å². The maximum Gasteiger partial charge on any atom is 0.311 e. The van der Waals surface area contributed by atoms with Crippen molar-refractivity contribution in [2.75, 3.05) is 32.9 Å². The third-order valence-corrected chi connectivity index (χ3v) is 11.0. The lowest BCUT2D eigenvalue weighted by molar-refractivity contribution is -0.157. The Balaban J connectivity index is 1.16. The van der Waals surface area contributed by atoms with Gasteiger partial charge in [0.15, 0.2) is 12.4 Å². The van der Waals surface area contributed by atoms with E-state index < -0.39 is 16.0 Å². The van der Waals surface area contributed by atoms with Crippen LogP contribution in [0.5, 0.6) is 0 Å². The highest BCUT2D eigenvalue weighted by Gasteiger charge is 2.54. The molecule has 1 aromatic rings. The van der Waals surface area contributed by atoms with Crippen LogP contribution in [0, 0.1) is 23.2 Å². The molecule has 0 aromatic carbocycles. The standard InChI is InChI=1S/C22H29NO6S2/c24-19(22-11-15-7-16(12-22)9-17(8-15)13-22)14-29-20(25)10-18-1-2-21(30-18)31(26,27)23-3-5-28-6-4-23/h1-2,15-17H,3-14H2. The molecule has 0 spiro atoms. The predicted molar refractivity (Wildman–Crippen MR) is 114 cm³/mol. The zero-order valence-electron chi connectivity index (χ0n) is 17.6. The van der Waals surface area contributed by atoms with E-state index in [9.17, 15) is 18.0 Å². The van der Waals surface area contributed by atoms with Crippen molar-refractivity contribution in [1.29, 1.82) is 0 Å². The van der Waals surface area contributed by atoms with Crippen LogP contribution in [-0.2, 0) is 35.5 Å². The molecule has 6 rings (SSSR count). The second-order valence-corrected chi connectivity index (χ2v) is 13.0. The number of nitrogens with zero attached hydrogens (tertiary/aromatic N) is 1. The Labute approximate surface area is 187 Å². The summed E-state index contributed by atoms with van der Waals surface area (Å²) in [6.45, 7) is 1.30. The highest BCUT2D eigenvalue weighted by Crippen LogP contribution is 2.60. The first-order valence-corrected chi connectivity index (χ1v) is 13.5. The molecule has 5 aliphatic rings. The van der Waals surface area contributed by atoms with Crippen molar-refractivity contribution in [2.45, 2.75) is 49.2 Å². The van der Waals surface area contributed by atoms with Gasteiger partial charge in [0.25, 0.3) is 10.0 Å². The summed E-state index contributed by atoms with van der Waals surface area (Å²) in [5.41, 5.74) is -0.267. The maximum absolute atomic E-state index is 13.0. The zero-order chi connectivity index (χ0) is 21.6. The van der Waals surface area contributed by atoms with Crippen LogP contribution in [0.25, 0.3) is 0 Å². The van der Waals surface area contributed by atoms with Crippen LogP contribution in [0.4, 0.5) is 0 Å². The zero-order valence-corrected chi connectivity index (χ0v) is 19.2. The van der Waals surface area contributed by atoms with Gasteiger partial charge in [-0.1, -0.05) is 0 Å². The predicted octanol–water partition coefficient (Wildman–Crippen LogP) is 2.64. The van der Waals surface area contributed by atoms with Gasteiger partial charge < -0.3 is 9.47 Å². The largest absolute Gasteiger partial charge is 0.457 e. The third-order valence-electron chi connectivity index (χ3n) is 7.51. The van der Waals surface area contributed by atoms with Gasteiger partial charge in [0, 0.05) is 23.4 Å². The number of esters is 1. The number of carbonyl (C=O) groups is 2. The van der Waals surface area contributed by atoms with Crippen LogP contribution in [0.15, 0.2) is 16.3 Å². The summed E-state index contributed by atoms with van der Waals surface area (Å²) in [6.07, 6.45) is 6.66. The van der Waals surface area contributed by atoms with Crippen LogP contribution < -0.4 is 0 Å². The summed E-state index contributed by atoms with van der Waals surface area (Å²) in [6, 6.07) is 3.19. The molecule has 1 aromatic heterocycles. The number of thiophene rings is 1. The van der Waals surface area contributed by atoms with Crippen LogP contribution in [-0.4, -0.2) is 57.4 Å².